The summed E-state index contributed by atoms with van der Waals surface area (Å²) in [5, 5.41) is 3.07. The zero-order valence-electron chi connectivity index (χ0n) is 12.0. The van der Waals surface area contributed by atoms with E-state index >= 15 is 0 Å². The molecule has 1 N–H and O–H groups in total. The fraction of sp³-hybridized carbons (Fsp3) is 0.467. The highest BCUT2D eigenvalue weighted by Gasteiger charge is 2.38. The topological polar surface area (TPSA) is 49.4 Å². The molecule has 0 aromatic heterocycles. The molecule has 0 aliphatic carbocycles. The molecular formula is C15H18ClFN2O2. The van der Waals surface area contributed by atoms with Crippen molar-refractivity contribution < 1.29 is 14.0 Å². The number of amides is 2. The second kappa shape index (κ2) is 6.43. The molecule has 0 unspecified atom stereocenters. The van der Waals surface area contributed by atoms with Crippen LogP contribution in [0.5, 0.6) is 0 Å². The quantitative estimate of drug-likeness (QED) is 0.869. The first-order valence-corrected chi connectivity index (χ1v) is 7.38. The van der Waals surface area contributed by atoms with E-state index in [0.717, 1.165) is 12.5 Å². The molecule has 1 aliphatic rings. The van der Waals surface area contributed by atoms with Gasteiger partial charge in [-0.25, -0.2) is 4.39 Å². The number of hydrogen-bond donors (Lipinski definition) is 1. The standard InChI is InChI=1S/C15H18ClFN2O2/c1-3-9(2)18-14(20)11-6-7-19(15(11)21)13-5-4-10(16)8-12(13)17/h4-5,8-9,11H,3,6-7H2,1-2H3,(H,18,20)/t9-,11+/m1/s1. The van der Waals surface area contributed by atoms with E-state index in [1.54, 1.807) is 0 Å². The van der Waals surface area contributed by atoms with Crippen LogP contribution in [0.4, 0.5) is 10.1 Å². The maximum Gasteiger partial charge on any atom is 0.239 e. The zero-order valence-corrected chi connectivity index (χ0v) is 12.8. The van der Waals surface area contributed by atoms with E-state index < -0.39 is 11.7 Å². The van der Waals surface area contributed by atoms with E-state index in [-0.39, 0.29) is 28.6 Å². The van der Waals surface area contributed by atoms with Gasteiger partial charge in [-0.2, -0.15) is 0 Å². The van der Waals surface area contributed by atoms with Gasteiger partial charge in [0.25, 0.3) is 0 Å². The third kappa shape index (κ3) is 3.35. The van der Waals surface area contributed by atoms with Crippen molar-refractivity contribution in [3.8, 4) is 0 Å². The fourth-order valence-electron chi connectivity index (χ4n) is 2.31. The summed E-state index contributed by atoms with van der Waals surface area (Å²) in [6, 6.07) is 4.17. The minimum Gasteiger partial charge on any atom is -0.353 e. The molecule has 0 saturated carbocycles. The van der Waals surface area contributed by atoms with Crippen LogP contribution in [0.15, 0.2) is 18.2 Å². The molecule has 2 atom stereocenters. The SMILES string of the molecule is CC[C@@H](C)NC(=O)[C@@H]1CCN(c2ccc(Cl)cc2F)C1=O. The van der Waals surface area contributed by atoms with E-state index in [9.17, 15) is 14.0 Å². The lowest BCUT2D eigenvalue weighted by atomic mass is 10.1. The number of hydrogen-bond acceptors (Lipinski definition) is 2. The third-order valence-corrected chi connectivity index (χ3v) is 3.96. The van der Waals surface area contributed by atoms with Crippen LogP contribution < -0.4 is 10.2 Å². The van der Waals surface area contributed by atoms with Crippen LogP contribution in [0, 0.1) is 11.7 Å². The summed E-state index contributed by atoms with van der Waals surface area (Å²) in [6.07, 6.45) is 1.19. The largest absolute Gasteiger partial charge is 0.353 e. The summed E-state index contributed by atoms with van der Waals surface area (Å²) in [6.45, 7) is 4.17. The van der Waals surface area contributed by atoms with E-state index in [2.05, 4.69) is 5.32 Å². The van der Waals surface area contributed by atoms with Crippen molar-refractivity contribution in [2.24, 2.45) is 5.92 Å². The third-order valence-electron chi connectivity index (χ3n) is 3.72. The predicted octanol–water partition coefficient (Wildman–Crippen LogP) is 2.75. The molecule has 0 spiro atoms. The van der Waals surface area contributed by atoms with Crippen LogP contribution in [-0.4, -0.2) is 24.4 Å². The van der Waals surface area contributed by atoms with Crippen molar-refractivity contribution in [3.63, 3.8) is 0 Å². The lowest BCUT2D eigenvalue weighted by Crippen LogP contribution is -2.40. The van der Waals surface area contributed by atoms with Gasteiger partial charge in [-0.1, -0.05) is 18.5 Å². The second-order valence-electron chi connectivity index (χ2n) is 5.24. The summed E-state index contributed by atoms with van der Waals surface area (Å²) < 4.78 is 13.9. The molecule has 1 heterocycles. The van der Waals surface area contributed by atoms with Gasteiger partial charge in [0.1, 0.15) is 11.7 Å². The first-order chi connectivity index (χ1) is 9.93. The van der Waals surface area contributed by atoms with E-state index in [1.807, 2.05) is 13.8 Å². The van der Waals surface area contributed by atoms with Gasteiger partial charge in [0.05, 0.1) is 5.69 Å². The Bertz CT molecular complexity index is 565. The van der Waals surface area contributed by atoms with Gasteiger partial charge in [-0.05, 0) is 38.0 Å². The molecule has 0 bridgehead atoms. The maximum atomic E-state index is 13.9. The second-order valence-corrected chi connectivity index (χ2v) is 5.68. The van der Waals surface area contributed by atoms with Crippen LogP contribution >= 0.6 is 11.6 Å². The molecule has 4 nitrogen and oxygen atoms in total. The number of nitrogens with zero attached hydrogens (tertiary/aromatic N) is 1. The lowest BCUT2D eigenvalue weighted by Gasteiger charge is -2.18. The van der Waals surface area contributed by atoms with Crippen molar-refractivity contribution in [2.75, 3.05) is 11.4 Å². The molecule has 2 rings (SSSR count). The molecule has 1 fully saturated rings. The van der Waals surface area contributed by atoms with Gasteiger partial charge >= 0.3 is 0 Å². The van der Waals surface area contributed by atoms with Gasteiger partial charge in [-0.3, -0.25) is 9.59 Å². The summed E-state index contributed by atoms with van der Waals surface area (Å²) in [5.74, 6) is -1.95. The molecule has 1 aromatic carbocycles. The van der Waals surface area contributed by atoms with Gasteiger partial charge < -0.3 is 10.2 Å². The molecule has 1 saturated heterocycles. The molecule has 21 heavy (non-hydrogen) atoms. The van der Waals surface area contributed by atoms with E-state index in [4.69, 9.17) is 11.6 Å². The van der Waals surface area contributed by atoms with Crippen molar-refractivity contribution >= 4 is 29.1 Å². The smallest absolute Gasteiger partial charge is 0.239 e. The van der Waals surface area contributed by atoms with E-state index in [1.165, 1.54) is 17.0 Å². The molecule has 114 valence electrons. The summed E-state index contributed by atoms with van der Waals surface area (Å²) in [4.78, 5) is 25.7. The predicted molar refractivity (Wildman–Crippen MR) is 79.8 cm³/mol. The highest BCUT2D eigenvalue weighted by molar-refractivity contribution is 6.30. The molecule has 2 amide bonds. The zero-order chi connectivity index (χ0) is 15.6. The Balaban J connectivity index is 2.13. The Morgan fingerprint density at radius 3 is 2.90 bits per heavy atom. The number of nitrogens with one attached hydrogen (secondary N) is 1. The fourth-order valence-corrected chi connectivity index (χ4v) is 2.47. The first kappa shape index (κ1) is 15.8. The normalized spacial score (nSPS) is 19.7. The van der Waals surface area contributed by atoms with Gasteiger partial charge in [0.2, 0.25) is 11.8 Å². The average molecular weight is 313 g/mol. The molecule has 6 heteroatoms. The summed E-state index contributed by atoms with van der Waals surface area (Å²) in [5.41, 5.74) is 0.170. The van der Waals surface area contributed by atoms with Crippen molar-refractivity contribution in [3.05, 3.63) is 29.0 Å². The van der Waals surface area contributed by atoms with Crippen LogP contribution in [0.3, 0.4) is 0 Å². The van der Waals surface area contributed by atoms with Crippen LogP contribution in [0.1, 0.15) is 26.7 Å². The molecule has 1 aliphatic heterocycles. The minimum atomic E-state index is -0.742. The minimum absolute atomic E-state index is 0.0200. The number of carbonyl (C=O) groups excluding carboxylic acids is 2. The highest BCUT2D eigenvalue weighted by atomic mass is 35.5. The number of carbonyl (C=O) groups is 2. The Morgan fingerprint density at radius 1 is 1.57 bits per heavy atom. The number of halogens is 2. The van der Waals surface area contributed by atoms with Crippen LogP contribution in [0.25, 0.3) is 0 Å². The average Bonchev–Trinajstić information content (AvgIpc) is 2.80. The van der Waals surface area contributed by atoms with E-state index in [0.29, 0.717) is 13.0 Å². The van der Waals surface area contributed by atoms with Crippen molar-refractivity contribution in [1.29, 1.82) is 0 Å². The Kier molecular flexibility index (Phi) is 4.83. The lowest BCUT2D eigenvalue weighted by molar-refractivity contribution is -0.132. The number of anilines is 1. The summed E-state index contributed by atoms with van der Waals surface area (Å²) in [7, 11) is 0. The molecular weight excluding hydrogens is 295 g/mol. The van der Waals surface area contributed by atoms with Gasteiger partial charge in [0, 0.05) is 17.6 Å². The Labute approximate surface area is 128 Å². The summed E-state index contributed by atoms with van der Waals surface area (Å²) >= 11 is 5.70. The van der Waals surface area contributed by atoms with Crippen LogP contribution in [0.2, 0.25) is 5.02 Å². The first-order valence-electron chi connectivity index (χ1n) is 7.00. The number of benzene rings is 1. The maximum absolute atomic E-state index is 13.9. The monoisotopic (exact) mass is 312 g/mol. The van der Waals surface area contributed by atoms with Crippen LogP contribution in [-0.2, 0) is 9.59 Å². The Hall–Kier alpha value is -1.62. The Morgan fingerprint density at radius 2 is 2.29 bits per heavy atom. The molecule has 0 radical (unpaired) electrons. The van der Waals surface area contributed by atoms with Crippen molar-refractivity contribution in [1.82, 2.24) is 5.32 Å². The van der Waals surface area contributed by atoms with Crippen molar-refractivity contribution in [2.45, 2.75) is 32.7 Å². The number of rotatable bonds is 4. The van der Waals surface area contributed by atoms with Gasteiger partial charge in [0.15, 0.2) is 0 Å². The highest BCUT2D eigenvalue weighted by Crippen LogP contribution is 2.29. The van der Waals surface area contributed by atoms with Gasteiger partial charge in [-0.15, -0.1) is 0 Å². The molecule has 1 aromatic rings.